The SMILES string of the molecule is O=C(CBr)c1nc2cc(CCl)ccc2o1. The van der Waals surface area contributed by atoms with Gasteiger partial charge >= 0.3 is 0 Å². The molecule has 0 saturated heterocycles. The van der Waals surface area contributed by atoms with Gasteiger partial charge in [0.05, 0.1) is 5.33 Å². The molecule has 0 aliphatic carbocycles. The number of ketones is 1. The molecule has 1 aromatic heterocycles. The van der Waals surface area contributed by atoms with Gasteiger partial charge in [-0.25, -0.2) is 4.98 Å². The molecule has 0 aliphatic heterocycles. The highest BCUT2D eigenvalue weighted by molar-refractivity contribution is 9.09. The maximum absolute atomic E-state index is 11.3. The van der Waals surface area contributed by atoms with Crippen LogP contribution in [0.5, 0.6) is 0 Å². The summed E-state index contributed by atoms with van der Waals surface area (Å²) in [6.45, 7) is 0. The van der Waals surface area contributed by atoms with Gasteiger partial charge in [-0.2, -0.15) is 0 Å². The molecular formula is C10H7BrClNO2. The van der Waals surface area contributed by atoms with Gasteiger partial charge in [0.1, 0.15) is 5.52 Å². The van der Waals surface area contributed by atoms with Crippen molar-refractivity contribution in [2.24, 2.45) is 0 Å². The highest BCUT2D eigenvalue weighted by Crippen LogP contribution is 2.18. The van der Waals surface area contributed by atoms with E-state index >= 15 is 0 Å². The van der Waals surface area contributed by atoms with Crippen LogP contribution in [0.25, 0.3) is 11.1 Å². The maximum atomic E-state index is 11.3. The Kier molecular flexibility index (Phi) is 3.07. The first-order valence-electron chi connectivity index (χ1n) is 4.29. The lowest BCUT2D eigenvalue weighted by Crippen LogP contribution is -1.99. The number of alkyl halides is 2. The number of benzene rings is 1. The fourth-order valence-corrected chi connectivity index (χ4v) is 1.64. The number of rotatable bonds is 3. The van der Waals surface area contributed by atoms with E-state index in [1.54, 1.807) is 6.07 Å². The molecule has 0 bridgehead atoms. The standard InChI is InChI=1S/C10H7BrClNO2/c11-4-8(14)10-13-7-3-6(5-12)1-2-9(7)15-10/h1-3H,4-5H2. The third kappa shape index (κ3) is 2.06. The molecule has 1 heterocycles. The molecule has 15 heavy (non-hydrogen) atoms. The van der Waals surface area contributed by atoms with Crippen molar-refractivity contribution in [1.29, 1.82) is 0 Å². The number of oxazole rings is 1. The lowest BCUT2D eigenvalue weighted by atomic mass is 10.2. The summed E-state index contributed by atoms with van der Waals surface area (Å²) >= 11 is 8.76. The summed E-state index contributed by atoms with van der Waals surface area (Å²) in [6, 6.07) is 5.44. The van der Waals surface area contributed by atoms with Crippen molar-refractivity contribution >= 4 is 44.4 Å². The van der Waals surface area contributed by atoms with Gasteiger partial charge in [0.25, 0.3) is 5.89 Å². The number of carbonyl (C=O) groups is 1. The van der Waals surface area contributed by atoms with E-state index in [1.165, 1.54) is 0 Å². The Hall–Kier alpha value is -0.870. The molecule has 0 radical (unpaired) electrons. The Labute approximate surface area is 99.6 Å². The minimum atomic E-state index is -0.168. The molecular weight excluding hydrogens is 281 g/mol. The first-order valence-corrected chi connectivity index (χ1v) is 5.95. The topological polar surface area (TPSA) is 43.1 Å². The van der Waals surface area contributed by atoms with Gasteiger partial charge in [-0.1, -0.05) is 22.0 Å². The van der Waals surface area contributed by atoms with E-state index < -0.39 is 0 Å². The van der Waals surface area contributed by atoms with E-state index in [9.17, 15) is 4.79 Å². The third-order valence-electron chi connectivity index (χ3n) is 1.97. The molecule has 5 heteroatoms. The summed E-state index contributed by atoms with van der Waals surface area (Å²) in [7, 11) is 0. The second kappa shape index (κ2) is 4.33. The summed E-state index contributed by atoms with van der Waals surface area (Å²) in [5.41, 5.74) is 2.22. The fourth-order valence-electron chi connectivity index (χ4n) is 1.23. The maximum Gasteiger partial charge on any atom is 0.265 e. The van der Waals surface area contributed by atoms with E-state index in [1.807, 2.05) is 12.1 Å². The number of hydrogen-bond donors (Lipinski definition) is 0. The number of aromatic nitrogens is 1. The molecule has 0 saturated carbocycles. The Bertz CT molecular complexity index is 509. The second-order valence-corrected chi connectivity index (χ2v) is 3.84. The number of hydrogen-bond acceptors (Lipinski definition) is 3. The summed E-state index contributed by atoms with van der Waals surface area (Å²) < 4.78 is 5.29. The molecule has 0 amide bonds. The average molecular weight is 289 g/mol. The molecule has 0 N–H and O–H groups in total. The number of nitrogens with zero attached hydrogens (tertiary/aromatic N) is 1. The molecule has 0 aliphatic rings. The molecule has 0 unspecified atom stereocenters. The molecule has 2 rings (SSSR count). The first-order chi connectivity index (χ1) is 7.24. The van der Waals surface area contributed by atoms with Crippen molar-refractivity contribution in [1.82, 2.24) is 4.98 Å². The van der Waals surface area contributed by atoms with Gasteiger partial charge < -0.3 is 4.42 Å². The third-order valence-corrected chi connectivity index (χ3v) is 2.78. The summed E-state index contributed by atoms with van der Waals surface area (Å²) in [5.74, 6) is 0.386. The largest absolute Gasteiger partial charge is 0.434 e. The molecule has 78 valence electrons. The van der Waals surface area contributed by atoms with Gasteiger partial charge in [-0.15, -0.1) is 11.6 Å². The monoisotopic (exact) mass is 287 g/mol. The molecule has 0 atom stereocenters. The average Bonchev–Trinajstić information content (AvgIpc) is 2.70. The Morgan fingerprint density at radius 1 is 1.53 bits per heavy atom. The van der Waals surface area contributed by atoms with E-state index in [2.05, 4.69) is 20.9 Å². The van der Waals surface area contributed by atoms with Gasteiger partial charge in [0, 0.05) is 5.88 Å². The van der Waals surface area contributed by atoms with Crippen LogP contribution >= 0.6 is 27.5 Å². The van der Waals surface area contributed by atoms with Gasteiger partial charge in [0.15, 0.2) is 5.58 Å². The normalized spacial score (nSPS) is 10.8. The number of carbonyl (C=O) groups excluding carboxylic acids is 1. The van der Waals surface area contributed by atoms with Crippen molar-refractivity contribution in [2.45, 2.75) is 5.88 Å². The van der Waals surface area contributed by atoms with Crippen molar-refractivity contribution in [3.05, 3.63) is 29.7 Å². The van der Waals surface area contributed by atoms with Crippen LogP contribution < -0.4 is 0 Å². The zero-order valence-corrected chi connectivity index (χ0v) is 10.0. The van der Waals surface area contributed by atoms with Crippen LogP contribution in [-0.4, -0.2) is 16.1 Å². The zero-order valence-electron chi connectivity index (χ0n) is 7.67. The predicted molar refractivity (Wildman–Crippen MR) is 61.7 cm³/mol. The molecule has 0 spiro atoms. The minimum absolute atomic E-state index is 0.133. The summed E-state index contributed by atoms with van der Waals surface area (Å²) in [6.07, 6.45) is 0. The Balaban J connectivity index is 2.51. The minimum Gasteiger partial charge on any atom is -0.434 e. The van der Waals surface area contributed by atoms with Crippen LogP contribution in [0, 0.1) is 0 Å². The Morgan fingerprint density at radius 3 is 3.00 bits per heavy atom. The lowest BCUT2D eigenvalue weighted by Gasteiger charge is -1.91. The van der Waals surface area contributed by atoms with Crippen molar-refractivity contribution in [2.75, 3.05) is 5.33 Å². The lowest BCUT2D eigenvalue weighted by molar-refractivity contribution is 0.0989. The van der Waals surface area contributed by atoms with E-state index in [4.69, 9.17) is 16.0 Å². The van der Waals surface area contributed by atoms with Crippen LogP contribution in [-0.2, 0) is 5.88 Å². The predicted octanol–water partition coefficient (Wildman–Crippen LogP) is 3.14. The van der Waals surface area contributed by atoms with Crippen molar-refractivity contribution in [3.63, 3.8) is 0 Å². The Morgan fingerprint density at radius 2 is 2.33 bits per heavy atom. The van der Waals surface area contributed by atoms with Crippen LogP contribution in [0.15, 0.2) is 22.6 Å². The van der Waals surface area contributed by atoms with Crippen LogP contribution in [0.4, 0.5) is 0 Å². The number of Topliss-reactive ketones (excluding diaryl/α,β-unsaturated/α-hetero) is 1. The summed E-state index contributed by atoms with van der Waals surface area (Å²) in [4.78, 5) is 15.4. The van der Waals surface area contributed by atoms with Crippen LogP contribution in [0.1, 0.15) is 16.2 Å². The molecule has 1 aromatic carbocycles. The molecule has 3 nitrogen and oxygen atoms in total. The fraction of sp³-hybridized carbons (Fsp3) is 0.200. The smallest absolute Gasteiger partial charge is 0.265 e. The van der Waals surface area contributed by atoms with Crippen molar-refractivity contribution in [3.8, 4) is 0 Å². The quantitative estimate of drug-likeness (QED) is 0.644. The van der Waals surface area contributed by atoms with Crippen LogP contribution in [0.3, 0.4) is 0 Å². The van der Waals surface area contributed by atoms with E-state index in [0.29, 0.717) is 17.0 Å². The van der Waals surface area contributed by atoms with Gasteiger partial charge in [0.2, 0.25) is 5.78 Å². The van der Waals surface area contributed by atoms with E-state index in [0.717, 1.165) is 5.56 Å². The summed E-state index contributed by atoms with van der Waals surface area (Å²) in [5, 5.41) is 0.211. The van der Waals surface area contributed by atoms with Crippen molar-refractivity contribution < 1.29 is 9.21 Å². The van der Waals surface area contributed by atoms with Gasteiger partial charge in [-0.05, 0) is 17.7 Å². The van der Waals surface area contributed by atoms with Crippen LogP contribution in [0.2, 0.25) is 0 Å². The number of fused-ring (bicyclic) bond motifs is 1. The highest BCUT2D eigenvalue weighted by atomic mass is 79.9. The van der Waals surface area contributed by atoms with Gasteiger partial charge in [-0.3, -0.25) is 4.79 Å². The second-order valence-electron chi connectivity index (χ2n) is 3.01. The highest BCUT2D eigenvalue weighted by Gasteiger charge is 2.12. The van der Waals surface area contributed by atoms with E-state index in [-0.39, 0.29) is 17.0 Å². The molecule has 2 aromatic rings. The number of halogens is 2. The first kappa shape index (κ1) is 10.6. The zero-order chi connectivity index (χ0) is 10.8. The molecule has 0 fully saturated rings.